The predicted octanol–water partition coefficient (Wildman–Crippen LogP) is 0.642. The van der Waals surface area contributed by atoms with E-state index in [1.807, 2.05) is 55.5 Å². The lowest BCUT2D eigenvalue weighted by Gasteiger charge is -2.28. The SMILES string of the molecule is CCC(C)C(NC(=O)[C@@H]1CCCN1C(=O)CNC(=O)CNC(=O)CCC(=O)N1Cc2ccccc2C#Cc2ccccc21)C(=O)NCOCC(=O)O. The summed E-state index contributed by atoms with van der Waals surface area (Å²) in [4.78, 5) is 91.1. The van der Waals surface area contributed by atoms with Crippen LogP contribution < -0.4 is 26.2 Å². The van der Waals surface area contributed by atoms with E-state index < -0.39 is 67.3 Å². The minimum Gasteiger partial charge on any atom is -0.480 e. The second-order valence-electron chi connectivity index (χ2n) is 12.5. The highest BCUT2D eigenvalue weighted by atomic mass is 16.5. The highest BCUT2D eigenvalue weighted by Crippen LogP contribution is 2.26. The first-order valence-corrected chi connectivity index (χ1v) is 17.2. The molecule has 15 heteroatoms. The number of likely N-dealkylation sites (tertiary alicyclic amines) is 1. The number of ether oxygens (including phenoxy) is 1. The highest BCUT2D eigenvalue weighted by molar-refractivity contribution is 5.97. The van der Waals surface area contributed by atoms with Crippen molar-refractivity contribution in [2.24, 2.45) is 5.92 Å². The molecule has 2 aromatic rings. The minimum absolute atomic E-state index is 0.105. The normalized spacial score (nSPS) is 15.6. The zero-order chi connectivity index (χ0) is 37.6. The number of nitrogens with one attached hydrogen (secondary N) is 4. The molecule has 52 heavy (non-hydrogen) atoms. The van der Waals surface area contributed by atoms with Crippen molar-refractivity contribution in [3.63, 3.8) is 0 Å². The Morgan fingerprint density at radius 3 is 2.33 bits per heavy atom. The summed E-state index contributed by atoms with van der Waals surface area (Å²) in [5.41, 5.74) is 3.05. The first-order valence-electron chi connectivity index (χ1n) is 17.2. The van der Waals surface area contributed by atoms with Crippen molar-refractivity contribution < 1.29 is 43.4 Å². The van der Waals surface area contributed by atoms with Crippen LogP contribution in [0.2, 0.25) is 0 Å². The molecule has 6 amide bonds. The van der Waals surface area contributed by atoms with E-state index in [0.29, 0.717) is 30.5 Å². The van der Waals surface area contributed by atoms with Gasteiger partial charge in [-0.1, -0.05) is 62.4 Å². The number of hydrogen-bond donors (Lipinski definition) is 5. The van der Waals surface area contributed by atoms with Crippen LogP contribution in [-0.2, 0) is 44.8 Å². The van der Waals surface area contributed by atoms with Gasteiger partial charge in [-0.05, 0) is 42.5 Å². The van der Waals surface area contributed by atoms with E-state index in [2.05, 4.69) is 33.1 Å². The molecule has 1 fully saturated rings. The number of nitrogens with zero attached hydrogens (tertiary/aromatic N) is 2. The maximum Gasteiger partial charge on any atom is 0.329 e. The second kappa shape index (κ2) is 19.0. The van der Waals surface area contributed by atoms with Crippen LogP contribution in [0, 0.1) is 17.8 Å². The summed E-state index contributed by atoms with van der Waals surface area (Å²) < 4.78 is 4.86. The Morgan fingerprint density at radius 1 is 0.885 bits per heavy atom. The Bertz CT molecular complexity index is 1730. The number of carbonyl (C=O) groups is 7. The number of anilines is 1. The van der Waals surface area contributed by atoms with Gasteiger partial charge in [0.25, 0.3) is 0 Å². The summed E-state index contributed by atoms with van der Waals surface area (Å²) >= 11 is 0. The number of para-hydroxylation sites is 1. The molecule has 276 valence electrons. The van der Waals surface area contributed by atoms with Gasteiger partial charge in [0.2, 0.25) is 35.4 Å². The molecular formula is C37H44N6O9. The summed E-state index contributed by atoms with van der Waals surface area (Å²) in [6.07, 6.45) is 1.19. The van der Waals surface area contributed by atoms with E-state index in [9.17, 15) is 33.6 Å². The van der Waals surface area contributed by atoms with E-state index >= 15 is 0 Å². The van der Waals surface area contributed by atoms with E-state index in [1.54, 1.807) is 11.8 Å². The van der Waals surface area contributed by atoms with E-state index in [-0.39, 0.29) is 44.5 Å². The van der Waals surface area contributed by atoms with Crippen LogP contribution in [0.15, 0.2) is 48.5 Å². The fourth-order valence-electron chi connectivity index (χ4n) is 5.83. The smallest absolute Gasteiger partial charge is 0.329 e. The molecule has 0 aromatic heterocycles. The Morgan fingerprint density at radius 2 is 1.58 bits per heavy atom. The van der Waals surface area contributed by atoms with Crippen LogP contribution in [0.5, 0.6) is 0 Å². The number of benzene rings is 2. The highest BCUT2D eigenvalue weighted by Gasteiger charge is 2.37. The first-order chi connectivity index (χ1) is 25.0. The first kappa shape index (κ1) is 39.0. The molecule has 1 saturated heterocycles. The van der Waals surface area contributed by atoms with E-state index in [4.69, 9.17) is 9.84 Å². The zero-order valence-electron chi connectivity index (χ0n) is 29.2. The second-order valence-corrected chi connectivity index (χ2v) is 12.5. The van der Waals surface area contributed by atoms with Crippen LogP contribution in [0.1, 0.15) is 62.6 Å². The molecule has 2 aromatic carbocycles. The maximum atomic E-state index is 13.4. The molecular weight excluding hydrogens is 672 g/mol. The van der Waals surface area contributed by atoms with Crippen molar-refractivity contribution in [2.45, 2.75) is 64.6 Å². The molecule has 0 radical (unpaired) electrons. The van der Waals surface area contributed by atoms with Gasteiger partial charge in [0, 0.05) is 30.5 Å². The molecule has 2 heterocycles. The molecule has 4 rings (SSSR count). The summed E-state index contributed by atoms with van der Waals surface area (Å²) in [5, 5.41) is 18.8. The summed E-state index contributed by atoms with van der Waals surface area (Å²) in [6.45, 7) is 2.42. The van der Waals surface area contributed by atoms with Gasteiger partial charge in [-0.25, -0.2) is 4.79 Å². The third-order valence-corrected chi connectivity index (χ3v) is 8.87. The third-order valence-electron chi connectivity index (χ3n) is 8.87. The lowest BCUT2D eigenvalue weighted by Crippen LogP contribution is -2.56. The van der Waals surface area contributed by atoms with Crippen molar-refractivity contribution >= 4 is 47.1 Å². The number of carbonyl (C=O) groups excluding carboxylic acids is 6. The Hall–Kier alpha value is -5.75. The monoisotopic (exact) mass is 716 g/mol. The number of carboxylic acid groups (broad SMARTS) is 1. The fourth-order valence-corrected chi connectivity index (χ4v) is 5.83. The number of fused-ring (bicyclic) bond motifs is 2. The van der Waals surface area contributed by atoms with Crippen molar-refractivity contribution in [3.05, 3.63) is 65.2 Å². The van der Waals surface area contributed by atoms with Crippen molar-refractivity contribution in [3.8, 4) is 11.8 Å². The number of rotatable bonds is 16. The molecule has 0 aliphatic carbocycles. The van der Waals surface area contributed by atoms with Gasteiger partial charge in [-0.15, -0.1) is 0 Å². The Balaban J connectivity index is 1.22. The molecule has 0 spiro atoms. The van der Waals surface area contributed by atoms with Gasteiger partial charge >= 0.3 is 5.97 Å². The number of hydrogen-bond acceptors (Lipinski definition) is 8. The van der Waals surface area contributed by atoms with Gasteiger partial charge in [0.15, 0.2) is 0 Å². The molecule has 0 saturated carbocycles. The molecule has 15 nitrogen and oxygen atoms in total. The van der Waals surface area contributed by atoms with Gasteiger partial charge in [0.1, 0.15) is 25.4 Å². The minimum atomic E-state index is -1.19. The molecule has 2 aliphatic heterocycles. The Labute approximate surface area is 301 Å². The summed E-state index contributed by atoms with van der Waals surface area (Å²) in [7, 11) is 0. The van der Waals surface area contributed by atoms with Crippen LogP contribution in [-0.4, -0.2) is 96.5 Å². The molecule has 0 bridgehead atoms. The van der Waals surface area contributed by atoms with E-state index in [1.165, 1.54) is 4.90 Å². The van der Waals surface area contributed by atoms with Crippen molar-refractivity contribution in [1.82, 2.24) is 26.2 Å². The molecule has 5 N–H and O–H groups in total. The largest absolute Gasteiger partial charge is 0.480 e. The van der Waals surface area contributed by atoms with Crippen LogP contribution in [0.25, 0.3) is 0 Å². The van der Waals surface area contributed by atoms with Gasteiger partial charge in [-0.2, -0.15) is 0 Å². The van der Waals surface area contributed by atoms with E-state index in [0.717, 1.165) is 11.1 Å². The molecule has 2 aliphatic rings. The van der Waals surface area contributed by atoms with Crippen LogP contribution >= 0.6 is 0 Å². The maximum absolute atomic E-state index is 13.4. The number of aliphatic carboxylic acids is 1. The average Bonchev–Trinajstić information content (AvgIpc) is 3.63. The number of amides is 6. The van der Waals surface area contributed by atoms with Crippen molar-refractivity contribution in [2.75, 3.05) is 37.9 Å². The average molecular weight is 717 g/mol. The number of carboxylic acids is 1. The molecule has 3 atom stereocenters. The lowest BCUT2D eigenvalue weighted by atomic mass is 9.97. The molecule has 2 unspecified atom stereocenters. The van der Waals surface area contributed by atoms with Gasteiger partial charge in [-0.3, -0.25) is 28.8 Å². The lowest BCUT2D eigenvalue weighted by molar-refractivity contribution is -0.144. The zero-order valence-corrected chi connectivity index (χ0v) is 29.2. The Kier molecular flexibility index (Phi) is 14.3. The fraction of sp³-hybridized carbons (Fsp3) is 0.432. The topological polar surface area (TPSA) is 204 Å². The quantitative estimate of drug-likeness (QED) is 0.0939. The third kappa shape index (κ3) is 10.9. The van der Waals surface area contributed by atoms with Gasteiger partial charge in [0.05, 0.1) is 25.3 Å². The van der Waals surface area contributed by atoms with Crippen LogP contribution in [0.4, 0.5) is 5.69 Å². The summed E-state index contributed by atoms with van der Waals surface area (Å²) in [5.74, 6) is 1.83. The van der Waals surface area contributed by atoms with Crippen LogP contribution in [0.3, 0.4) is 0 Å². The van der Waals surface area contributed by atoms with Crippen molar-refractivity contribution in [1.29, 1.82) is 0 Å². The predicted molar refractivity (Wildman–Crippen MR) is 188 cm³/mol. The van der Waals surface area contributed by atoms with Gasteiger partial charge < -0.3 is 40.9 Å². The standard InChI is InChI=1S/C37H44N6O9/c1-3-24(2)35(37(51)40-23-52-22-34(48)49)41-36(50)29-13-8-18-42(29)33(47)20-39-31(45)19-38-30(44)16-17-32(46)43-21-27-11-5-4-9-25(27)14-15-26-10-6-7-12-28(26)43/h4-7,9-12,24,29,35H,3,8,13,16-23H2,1-2H3,(H,38,44)(H,39,45)(H,40,51)(H,41,50)(H,48,49)/t24?,29-,35?/m0/s1. The summed E-state index contributed by atoms with van der Waals surface area (Å²) in [6, 6.07) is 13.1.